The summed E-state index contributed by atoms with van der Waals surface area (Å²) in [6.45, 7) is 1.35. The Bertz CT molecular complexity index is 1660. The number of rotatable bonds is 12. The molecule has 2 atom stereocenters. The second-order valence-corrected chi connectivity index (χ2v) is 12.1. The first-order valence-corrected chi connectivity index (χ1v) is 16.5. The minimum Gasteiger partial charge on any atom is -0.508 e. The first-order chi connectivity index (χ1) is 23.6. The number of phenolic OH excluding ortho intramolecular Hbond substituents is 1. The predicted molar refractivity (Wildman–Crippen MR) is 192 cm³/mol. The van der Waals surface area contributed by atoms with Gasteiger partial charge in [-0.25, -0.2) is 0 Å². The van der Waals surface area contributed by atoms with Crippen LogP contribution in [0.1, 0.15) is 36.8 Å². The lowest BCUT2D eigenvalue weighted by atomic mass is 10.0. The zero-order valence-corrected chi connectivity index (χ0v) is 27.7. The van der Waals surface area contributed by atoms with Gasteiger partial charge in [0.1, 0.15) is 11.8 Å². The van der Waals surface area contributed by atoms with Gasteiger partial charge in [-0.3, -0.25) is 24.4 Å². The van der Waals surface area contributed by atoms with Crippen LogP contribution >= 0.6 is 0 Å². The Morgan fingerprint density at radius 2 is 1.39 bits per heavy atom. The van der Waals surface area contributed by atoms with E-state index in [1.54, 1.807) is 21.9 Å². The predicted octanol–water partition coefficient (Wildman–Crippen LogP) is 1.52. The molecule has 3 aromatic rings. The average Bonchev–Trinajstić information content (AvgIpc) is 3.09. The third-order valence-corrected chi connectivity index (χ3v) is 8.33. The van der Waals surface area contributed by atoms with Crippen molar-refractivity contribution in [2.75, 3.05) is 32.7 Å². The largest absolute Gasteiger partial charge is 0.508 e. The highest BCUT2D eigenvalue weighted by Gasteiger charge is 2.31. The van der Waals surface area contributed by atoms with Gasteiger partial charge in [0.15, 0.2) is 11.9 Å². The standard InChI is InChI=1S/C36H47N9O4/c37-35(38)41-17-5-9-29-24-44(32(47)23-26-11-14-27-7-1-2-8-28(27)21-26)19-3-4-20-45(33(48)22-25-12-15-30(46)16-13-25)31(34(49)43-29)10-6-18-42-36(39)40/h1-4,7-8,11-16,21,29,31,46H,5-6,9-10,17-20,22-24H2,(H,43,49)(H4,37,38,41)(H4,39,40,42)/b4-3-/t29?,31-/m0/s1. The summed E-state index contributed by atoms with van der Waals surface area (Å²) in [4.78, 5) is 53.1. The molecule has 0 fully saturated rings. The smallest absolute Gasteiger partial charge is 0.243 e. The first-order valence-electron chi connectivity index (χ1n) is 16.5. The Balaban J connectivity index is 1.60. The van der Waals surface area contributed by atoms with E-state index in [2.05, 4.69) is 15.3 Å². The van der Waals surface area contributed by atoms with Crippen LogP contribution < -0.4 is 28.3 Å². The number of hydrogen-bond acceptors (Lipinski definition) is 6. The van der Waals surface area contributed by atoms with Crippen LogP contribution in [0.5, 0.6) is 5.75 Å². The van der Waals surface area contributed by atoms with Gasteiger partial charge in [0.2, 0.25) is 17.7 Å². The van der Waals surface area contributed by atoms with Crippen molar-refractivity contribution in [1.82, 2.24) is 15.1 Å². The average molecular weight is 670 g/mol. The molecule has 1 unspecified atom stereocenters. The number of aliphatic imine (C=N–C) groups is 2. The summed E-state index contributed by atoms with van der Waals surface area (Å²) in [6, 6.07) is 19.1. The lowest BCUT2D eigenvalue weighted by molar-refractivity contribution is -0.140. The highest BCUT2D eigenvalue weighted by molar-refractivity contribution is 5.89. The number of amides is 3. The van der Waals surface area contributed by atoms with E-state index in [0.717, 1.165) is 16.3 Å². The molecule has 13 nitrogen and oxygen atoms in total. The molecule has 0 spiro atoms. The molecule has 1 heterocycles. The summed E-state index contributed by atoms with van der Waals surface area (Å²) < 4.78 is 0. The maximum atomic E-state index is 14.1. The summed E-state index contributed by atoms with van der Waals surface area (Å²) in [5.41, 5.74) is 23.7. The second-order valence-electron chi connectivity index (χ2n) is 12.1. The minimum absolute atomic E-state index is 0.0209. The summed E-state index contributed by atoms with van der Waals surface area (Å²) in [5.74, 6) is -0.664. The molecule has 13 heteroatoms. The number of aromatic hydroxyl groups is 1. The van der Waals surface area contributed by atoms with Crippen LogP contribution in [0.25, 0.3) is 10.8 Å². The van der Waals surface area contributed by atoms with Gasteiger partial charge in [-0.05, 0) is 59.7 Å². The van der Waals surface area contributed by atoms with Crippen molar-refractivity contribution in [3.8, 4) is 5.75 Å². The molecule has 1 aliphatic heterocycles. The van der Waals surface area contributed by atoms with Gasteiger partial charge in [0.05, 0.1) is 12.8 Å². The topological polar surface area (TPSA) is 219 Å². The van der Waals surface area contributed by atoms with Gasteiger partial charge in [0, 0.05) is 38.8 Å². The van der Waals surface area contributed by atoms with E-state index in [4.69, 9.17) is 22.9 Å². The van der Waals surface area contributed by atoms with Gasteiger partial charge >= 0.3 is 0 Å². The van der Waals surface area contributed by atoms with Crippen LogP contribution in [-0.4, -0.2) is 89.4 Å². The molecule has 0 saturated heterocycles. The number of nitrogens with one attached hydrogen (secondary N) is 1. The molecular formula is C36H47N9O4. The van der Waals surface area contributed by atoms with Crippen LogP contribution in [0.2, 0.25) is 0 Å². The molecule has 0 radical (unpaired) electrons. The van der Waals surface area contributed by atoms with E-state index < -0.39 is 12.1 Å². The number of guanidine groups is 2. The molecular weight excluding hydrogens is 622 g/mol. The molecule has 49 heavy (non-hydrogen) atoms. The van der Waals surface area contributed by atoms with Crippen molar-refractivity contribution in [3.63, 3.8) is 0 Å². The first kappa shape index (κ1) is 36.2. The van der Waals surface area contributed by atoms with Gasteiger partial charge in [0.25, 0.3) is 0 Å². The fourth-order valence-electron chi connectivity index (χ4n) is 5.84. The Labute approximate surface area is 286 Å². The van der Waals surface area contributed by atoms with Crippen molar-refractivity contribution >= 4 is 40.4 Å². The molecule has 0 bridgehead atoms. The van der Waals surface area contributed by atoms with Gasteiger partial charge in [-0.1, -0.05) is 66.7 Å². The summed E-state index contributed by atoms with van der Waals surface area (Å²) in [6.07, 6.45) is 5.72. The quantitative estimate of drug-likeness (QED) is 0.0717. The zero-order valence-electron chi connectivity index (χ0n) is 27.7. The Kier molecular flexibility index (Phi) is 13.4. The van der Waals surface area contributed by atoms with E-state index in [0.29, 0.717) is 50.9 Å². The number of carbonyl (C=O) groups is 3. The summed E-state index contributed by atoms with van der Waals surface area (Å²) in [5, 5.41) is 15.0. The maximum absolute atomic E-state index is 14.1. The number of hydrogen-bond donors (Lipinski definition) is 6. The molecule has 0 aromatic heterocycles. The molecule has 0 saturated carbocycles. The lowest BCUT2D eigenvalue weighted by Crippen LogP contribution is -2.54. The number of carbonyl (C=O) groups excluding carboxylic acids is 3. The molecule has 0 aliphatic carbocycles. The van der Waals surface area contributed by atoms with Crippen molar-refractivity contribution in [2.45, 2.75) is 50.6 Å². The van der Waals surface area contributed by atoms with E-state index in [1.165, 1.54) is 12.1 Å². The van der Waals surface area contributed by atoms with E-state index >= 15 is 0 Å². The van der Waals surface area contributed by atoms with E-state index in [-0.39, 0.29) is 61.3 Å². The van der Waals surface area contributed by atoms with Crippen LogP contribution in [0, 0.1) is 0 Å². The number of benzene rings is 3. The molecule has 260 valence electrons. The monoisotopic (exact) mass is 669 g/mol. The Morgan fingerprint density at radius 1 is 0.776 bits per heavy atom. The van der Waals surface area contributed by atoms with Crippen LogP contribution in [0.3, 0.4) is 0 Å². The second kappa shape index (κ2) is 18.1. The van der Waals surface area contributed by atoms with Crippen molar-refractivity contribution < 1.29 is 19.5 Å². The Morgan fingerprint density at radius 3 is 2.08 bits per heavy atom. The third kappa shape index (κ3) is 11.6. The molecule has 3 amide bonds. The Hall–Kier alpha value is -5.59. The van der Waals surface area contributed by atoms with Crippen LogP contribution in [-0.2, 0) is 27.2 Å². The highest BCUT2D eigenvalue weighted by atomic mass is 16.3. The maximum Gasteiger partial charge on any atom is 0.243 e. The van der Waals surface area contributed by atoms with Crippen LogP contribution in [0.4, 0.5) is 0 Å². The number of fused-ring (bicyclic) bond motifs is 1. The molecule has 1 aliphatic rings. The lowest BCUT2D eigenvalue weighted by Gasteiger charge is -2.32. The van der Waals surface area contributed by atoms with E-state index in [1.807, 2.05) is 54.6 Å². The van der Waals surface area contributed by atoms with E-state index in [9.17, 15) is 19.5 Å². The van der Waals surface area contributed by atoms with Crippen molar-refractivity contribution in [3.05, 3.63) is 90.0 Å². The normalized spacial score (nSPS) is 17.4. The number of nitrogens with zero attached hydrogens (tertiary/aromatic N) is 4. The molecule has 4 rings (SSSR count). The zero-order chi connectivity index (χ0) is 35.2. The fraction of sp³-hybridized carbons (Fsp3) is 0.361. The highest BCUT2D eigenvalue weighted by Crippen LogP contribution is 2.19. The SMILES string of the molecule is NC(N)=NCCCC1CN(C(=O)Cc2ccc3ccccc3c2)C/C=C\CN(C(=O)Cc2ccc(O)cc2)[C@@H](CCCN=C(N)N)C(=O)N1. The third-order valence-electron chi connectivity index (χ3n) is 8.33. The minimum atomic E-state index is -0.830. The summed E-state index contributed by atoms with van der Waals surface area (Å²) >= 11 is 0. The number of phenols is 1. The van der Waals surface area contributed by atoms with Gasteiger partial charge in [-0.2, -0.15) is 0 Å². The van der Waals surface area contributed by atoms with Crippen molar-refractivity contribution in [2.24, 2.45) is 32.9 Å². The molecule has 3 aromatic carbocycles. The fourth-order valence-corrected chi connectivity index (χ4v) is 5.84. The van der Waals surface area contributed by atoms with Crippen molar-refractivity contribution in [1.29, 1.82) is 0 Å². The molecule has 10 N–H and O–H groups in total. The van der Waals surface area contributed by atoms with Gasteiger partial charge in [-0.15, -0.1) is 0 Å². The number of nitrogens with two attached hydrogens (primary N) is 4. The summed E-state index contributed by atoms with van der Waals surface area (Å²) in [7, 11) is 0. The van der Waals surface area contributed by atoms with Gasteiger partial charge < -0.3 is 43.2 Å². The van der Waals surface area contributed by atoms with Crippen LogP contribution in [0.15, 0.2) is 88.9 Å².